The molecule has 2 heteroatoms. The molecule has 1 heterocycles. The monoisotopic (exact) mass is 215 g/mol. The van der Waals surface area contributed by atoms with Crippen molar-refractivity contribution in [3.63, 3.8) is 0 Å². The minimum absolute atomic E-state index is 0.448. The molecule has 0 aliphatic carbocycles. The quantitative estimate of drug-likeness (QED) is 0.834. The van der Waals surface area contributed by atoms with Gasteiger partial charge in [0.2, 0.25) is 0 Å². The highest BCUT2D eigenvalue weighted by molar-refractivity contribution is 5.67. The van der Waals surface area contributed by atoms with Gasteiger partial charge >= 0.3 is 0 Å². The van der Waals surface area contributed by atoms with Gasteiger partial charge in [-0.25, -0.2) is 0 Å². The Morgan fingerprint density at radius 2 is 1.69 bits per heavy atom. The van der Waals surface area contributed by atoms with Crippen LogP contribution in [0.1, 0.15) is 22.5 Å². The second-order valence-corrected chi connectivity index (χ2v) is 4.24. The van der Waals surface area contributed by atoms with E-state index in [4.69, 9.17) is 10.2 Å². The molecular formula is C14H17NO. The van der Waals surface area contributed by atoms with E-state index in [-0.39, 0.29) is 0 Å². The molecule has 0 bridgehead atoms. The SMILES string of the molecule is Cc1cc(C)c(-c2ccc(CN)o2)c(C)c1. The lowest BCUT2D eigenvalue weighted by molar-refractivity contribution is 0.525. The molecule has 2 N–H and O–H groups in total. The van der Waals surface area contributed by atoms with Crippen LogP contribution < -0.4 is 5.73 Å². The molecule has 0 saturated heterocycles. The molecule has 0 fully saturated rings. The van der Waals surface area contributed by atoms with Crippen molar-refractivity contribution in [3.8, 4) is 11.3 Å². The highest BCUT2D eigenvalue weighted by Gasteiger charge is 2.10. The average Bonchev–Trinajstić information content (AvgIpc) is 2.64. The third-order valence-corrected chi connectivity index (χ3v) is 2.79. The van der Waals surface area contributed by atoms with Gasteiger partial charge in [-0.05, 0) is 44.0 Å². The fraction of sp³-hybridized carbons (Fsp3) is 0.286. The first kappa shape index (κ1) is 11.0. The Kier molecular flexibility index (Phi) is 2.84. The van der Waals surface area contributed by atoms with E-state index in [9.17, 15) is 0 Å². The Balaban J connectivity index is 2.55. The molecule has 2 aromatic rings. The van der Waals surface area contributed by atoms with Gasteiger partial charge in [0.15, 0.2) is 0 Å². The summed E-state index contributed by atoms with van der Waals surface area (Å²) in [5, 5.41) is 0. The number of hydrogen-bond acceptors (Lipinski definition) is 2. The summed E-state index contributed by atoms with van der Waals surface area (Å²) >= 11 is 0. The van der Waals surface area contributed by atoms with Crippen molar-refractivity contribution in [1.29, 1.82) is 0 Å². The van der Waals surface area contributed by atoms with E-state index in [0.717, 1.165) is 11.5 Å². The first-order valence-electron chi connectivity index (χ1n) is 5.49. The number of nitrogens with two attached hydrogens (primary N) is 1. The fourth-order valence-corrected chi connectivity index (χ4v) is 2.19. The zero-order valence-corrected chi connectivity index (χ0v) is 10.0. The van der Waals surface area contributed by atoms with Gasteiger partial charge in [0.1, 0.15) is 11.5 Å². The summed E-state index contributed by atoms with van der Waals surface area (Å²) in [5.41, 5.74) is 10.5. The van der Waals surface area contributed by atoms with Gasteiger partial charge in [-0.15, -0.1) is 0 Å². The van der Waals surface area contributed by atoms with Crippen LogP contribution in [-0.4, -0.2) is 0 Å². The van der Waals surface area contributed by atoms with Crippen molar-refractivity contribution in [3.05, 3.63) is 46.7 Å². The minimum Gasteiger partial charge on any atom is -0.460 e. The Bertz CT molecular complexity index is 488. The second kappa shape index (κ2) is 4.14. The van der Waals surface area contributed by atoms with E-state index in [1.807, 2.05) is 12.1 Å². The van der Waals surface area contributed by atoms with E-state index in [2.05, 4.69) is 32.9 Å². The summed E-state index contributed by atoms with van der Waals surface area (Å²) in [6.07, 6.45) is 0. The first-order chi connectivity index (χ1) is 7.61. The molecule has 1 aromatic carbocycles. The van der Waals surface area contributed by atoms with Gasteiger partial charge in [-0.2, -0.15) is 0 Å². The smallest absolute Gasteiger partial charge is 0.134 e. The molecule has 0 radical (unpaired) electrons. The standard InChI is InChI=1S/C14H17NO/c1-9-6-10(2)14(11(3)7-9)13-5-4-12(8-15)16-13/h4-7H,8,15H2,1-3H3. The summed E-state index contributed by atoms with van der Waals surface area (Å²) in [7, 11) is 0. The third kappa shape index (κ3) is 1.89. The molecule has 84 valence electrons. The summed E-state index contributed by atoms with van der Waals surface area (Å²) in [4.78, 5) is 0. The average molecular weight is 215 g/mol. The molecule has 16 heavy (non-hydrogen) atoms. The summed E-state index contributed by atoms with van der Waals surface area (Å²) < 4.78 is 5.70. The molecule has 0 atom stereocenters. The van der Waals surface area contributed by atoms with Crippen LogP contribution in [0, 0.1) is 20.8 Å². The Hall–Kier alpha value is -1.54. The predicted octanol–water partition coefficient (Wildman–Crippen LogP) is 3.33. The number of rotatable bonds is 2. The highest BCUT2D eigenvalue weighted by Crippen LogP contribution is 2.29. The zero-order valence-electron chi connectivity index (χ0n) is 10.0. The van der Waals surface area contributed by atoms with Crippen molar-refractivity contribution < 1.29 is 4.42 Å². The molecule has 2 nitrogen and oxygen atoms in total. The van der Waals surface area contributed by atoms with Crippen LogP contribution in [0.5, 0.6) is 0 Å². The zero-order chi connectivity index (χ0) is 11.7. The Morgan fingerprint density at radius 1 is 1.06 bits per heavy atom. The molecule has 0 unspecified atom stereocenters. The van der Waals surface area contributed by atoms with Crippen LogP contribution >= 0.6 is 0 Å². The van der Waals surface area contributed by atoms with Crippen LogP contribution in [0.15, 0.2) is 28.7 Å². The topological polar surface area (TPSA) is 39.2 Å². The molecule has 0 amide bonds. The maximum Gasteiger partial charge on any atom is 0.134 e. The number of hydrogen-bond donors (Lipinski definition) is 1. The molecule has 0 spiro atoms. The summed E-state index contributed by atoms with van der Waals surface area (Å²) in [6, 6.07) is 8.28. The van der Waals surface area contributed by atoms with E-state index in [1.54, 1.807) is 0 Å². The van der Waals surface area contributed by atoms with Gasteiger partial charge in [-0.1, -0.05) is 17.7 Å². The Labute approximate surface area is 96.1 Å². The molecule has 0 aliphatic heterocycles. The van der Waals surface area contributed by atoms with E-state index >= 15 is 0 Å². The number of benzene rings is 1. The third-order valence-electron chi connectivity index (χ3n) is 2.79. The van der Waals surface area contributed by atoms with Crippen molar-refractivity contribution in [2.75, 3.05) is 0 Å². The van der Waals surface area contributed by atoms with E-state index in [1.165, 1.54) is 22.3 Å². The van der Waals surface area contributed by atoms with Crippen molar-refractivity contribution in [1.82, 2.24) is 0 Å². The molecule has 2 rings (SSSR count). The number of aryl methyl sites for hydroxylation is 3. The number of furan rings is 1. The van der Waals surface area contributed by atoms with E-state index in [0.29, 0.717) is 6.54 Å². The van der Waals surface area contributed by atoms with Crippen LogP contribution in [0.3, 0.4) is 0 Å². The highest BCUT2D eigenvalue weighted by atomic mass is 16.3. The van der Waals surface area contributed by atoms with Crippen LogP contribution in [0.2, 0.25) is 0 Å². The summed E-state index contributed by atoms with van der Waals surface area (Å²) in [5.74, 6) is 1.74. The molecular weight excluding hydrogens is 198 g/mol. The maximum atomic E-state index is 5.70. The largest absolute Gasteiger partial charge is 0.460 e. The van der Waals surface area contributed by atoms with Crippen LogP contribution in [0.25, 0.3) is 11.3 Å². The van der Waals surface area contributed by atoms with Gasteiger partial charge < -0.3 is 10.2 Å². The lowest BCUT2D eigenvalue weighted by atomic mass is 9.98. The second-order valence-electron chi connectivity index (χ2n) is 4.24. The normalized spacial score (nSPS) is 10.8. The lowest BCUT2D eigenvalue weighted by Crippen LogP contribution is -1.93. The molecule has 0 saturated carbocycles. The Morgan fingerprint density at radius 3 is 2.19 bits per heavy atom. The van der Waals surface area contributed by atoms with Crippen molar-refractivity contribution in [2.24, 2.45) is 5.73 Å². The molecule has 0 aliphatic rings. The van der Waals surface area contributed by atoms with Crippen LogP contribution in [0.4, 0.5) is 0 Å². The fourth-order valence-electron chi connectivity index (χ4n) is 2.19. The maximum absolute atomic E-state index is 5.70. The van der Waals surface area contributed by atoms with E-state index < -0.39 is 0 Å². The summed E-state index contributed by atoms with van der Waals surface area (Å²) in [6.45, 7) is 6.78. The lowest BCUT2D eigenvalue weighted by Gasteiger charge is -2.08. The van der Waals surface area contributed by atoms with Gasteiger partial charge in [-0.3, -0.25) is 0 Å². The van der Waals surface area contributed by atoms with Crippen molar-refractivity contribution >= 4 is 0 Å². The van der Waals surface area contributed by atoms with Gasteiger partial charge in [0, 0.05) is 5.56 Å². The minimum atomic E-state index is 0.448. The first-order valence-corrected chi connectivity index (χ1v) is 5.49. The van der Waals surface area contributed by atoms with Crippen molar-refractivity contribution in [2.45, 2.75) is 27.3 Å². The van der Waals surface area contributed by atoms with Gasteiger partial charge in [0.05, 0.1) is 6.54 Å². The molecule has 1 aromatic heterocycles. The van der Waals surface area contributed by atoms with Gasteiger partial charge in [0.25, 0.3) is 0 Å². The predicted molar refractivity (Wildman–Crippen MR) is 66.2 cm³/mol. The van der Waals surface area contributed by atoms with Crippen LogP contribution in [-0.2, 0) is 6.54 Å².